The Kier molecular flexibility index (Phi) is 8.79. The molecule has 1 fully saturated rings. The number of halogens is 2. The average molecular weight is 562 g/mol. The topological polar surface area (TPSA) is 37.4 Å². The Morgan fingerprint density at radius 3 is 2.47 bits per heavy atom. The summed E-state index contributed by atoms with van der Waals surface area (Å²) in [5.74, 6) is 1.62. The third-order valence-electron chi connectivity index (χ3n) is 5.99. The molecule has 0 saturated carbocycles. The fraction of sp³-hybridized carbons (Fsp3) is 0.346. The lowest BCUT2D eigenvalue weighted by molar-refractivity contribution is 0.153. The van der Waals surface area contributed by atoms with Crippen molar-refractivity contribution in [3.63, 3.8) is 0 Å². The first kappa shape index (κ1) is 23.5. The molecule has 1 aliphatic heterocycles. The van der Waals surface area contributed by atoms with Crippen LogP contribution in [0.1, 0.15) is 30.1 Å². The SMILES string of the molecule is Clc1ccc(C(NCC2CCN(CCOc3ccc(I)cc3)CC2)c2ccccn2)cc1. The van der Waals surface area contributed by atoms with Crippen LogP contribution < -0.4 is 10.1 Å². The maximum Gasteiger partial charge on any atom is 0.119 e. The second-order valence-electron chi connectivity index (χ2n) is 8.23. The lowest BCUT2D eigenvalue weighted by atomic mass is 9.95. The van der Waals surface area contributed by atoms with E-state index in [1.54, 1.807) is 0 Å². The predicted molar refractivity (Wildman–Crippen MR) is 139 cm³/mol. The van der Waals surface area contributed by atoms with Crippen molar-refractivity contribution in [2.24, 2.45) is 5.92 Å². The first-order chi connectivity index (χ1) is 15.7. The van der Waals surface area contributed by atoms with Crippen LogP contribution in [-0.4, -0.2) is 42.7 Å². The normalized spacial score (nSPS) is 16.1. The number of likely N-dealkylation sites (tertiary alicyclic amines) is 1. The number of hydrogen-bond donors (Lipinski definition) is 1. The van der Waals surface area contributed by atoms with Crippen LogP contribution in [0, 0.1) is 9.49 Å². The number of nitrogens with one attached hydrogen (secondary N) is 1. The van der Waals surface area contributed by atoms with Crippen LogP contribution in [0.2, 0.25) is 5.02 Å². The molecule has 0 bridgehead atoms. The van der Waals surface area contributed by atoms with Gasteiger partial charge in [0.05, 0.1) is 11.7 Å². The van der Waals surface area contributed by atoms with E-state index in [0.29, 0.717) is 5.92 Å². The van der Waals surface area contributed by atoms with Gasteiger partial charge in [-0.3, -0.25) is 9.88 Å². The quantitative estimate of drug-likeness (QED) is 0.335. The molecule has 3 aromatic rings. The molecule has 1 atom stereocenters. The molecule has 6 heteroatoms. The van der Waals surface area contributed by atoms with E-state index in [1.807, 2.05) is 42.6 Å². The van der Waals surface area contributed by atoms with Gasteiger partial charge in [0, 0.05) is 21.3 Å². The van der Waals surface area contributed by atoms with Gasteiger partial charge in [-0.2, -0.15) is 0 Å². The molecule has 0 aliphatic carbocycles. The highest BCUT2D eigenvalue weighted by molar-refractivity contribution is 14.1. The maximum atomic E-state index is 6.10. The monoisotopic (exact) mass is 561 g/mol. The fourth-order valence-corrected chi connectivity index (χ4v) is 4.60. The molecule has 0 radical (unpaired) electrons. The summed E-state index contributed by atoms with van der Waals surface area (Å²) in [6.07, 6.45) is 4.26. The van der Waals surface area contributed by atoms with Crippen molar-refractivity contribution in [1.29, 1.82) is 0 Å². The van der Waals surface area contributed by atoms with E-state index in [0.717, 1.165) is 49.3 Å². The van der Waals surface area contributed by atoms with Gasteiger partial charge in [-0.05, 0) is 115 Å². The third kappa shape index (κ3) is 6.91. The van der Waals surface area contributed by atoms with Gasteiger partial charge >= 0.3 is 0 Å². The highest BCUT2D eigenvalue weighted by Crippen LogP contribution is 2.24. The smallest absolute Gasteiger partial charge is 0.119 e. The maximum absolute atomic E-state index is 6.10. The molecule has 4 nitrogen and oxygen atoms in total. The summed E-state index contributed by atoms with van der Waals surface area (Å²) in [4.78, 5) is 7.11. The van der Waals surface area contributed by atoms with Crippen molar-refractivity contribution in [2.75, 3.05) is 32.8 Å². The summed E-state index contributed by atoms with van der Waals surface area (Å²) in [5, 5.41) is 4.53. The summed E-state index contributed by atoms with van der Waals surface area (Å²) in [6, 6.07) is 22.5. The molecule has 4 rings (SSSR count). The minimum Gasteiger partial charge on any atom is -0.492 e. The zero-order chi connectivity index (χ0) is 22.2. The summed E-state index contributed by atoms with van der Waals surface area (Å²) in [6.45, 7) is 4.95. The Bertz CT molecular complexity index is 945. The molecular formula is C26H29ClIN3O. The second-order valence-corrected chi connectivity index (χ2v) is 9.92. The van der Waals surface area contributed by atoms with Crippen LogP contribution in [0.4, 0.5) is 0 Å². The van der Waals surface area contributed by atoms with Crippen LogP contribution >= 0.6 is 34.2 Å². The van der Waals surface area contributed by atoms with Gasteiger partial charge in [-0.15, -0.1) is 0 Å². The van der Waals surface area contributed by atoms with E-state index in [1.165, 1.54) is 22.0 Å². The molecule has 32 heavy (non-hydrogen) atoms. The van der Waals surface area contributed by atoms with Gasteiger partial charge in [-0.1, -0.05) is 29.8 Å². The number of nitrogens with zero attached hydrogens (tertiary/aromatic N) is 2. The number of ether oxygens (including phenoxy) is 1. The van der Waals surface area contributed by atoms with Crippen molar-refractivity contribution >= 4 is 34.2 Å². The lowest BCUT2D eigenvalue weighted by Crippen LogP contribution is -2.40. The van der Waals surface area contributed by atoms with Crippen molar-refractivity contribution in [1.82, 2.24) is 15.2 Å². The molecule has 1 aliphatic rings. The van der Waals surface area contributed by atoms with Gasteiger partial charge in [0.1, 0.15) is 12.4 Å². The molecule has 168 valence electrons. The van der Waals surface area contributed by atoms with Crippen molar-refractivity contribution in [3.8, 4) is 5.75 Å². The summed E-state index contributed by atoms with van der Waals surface area (Å²) in [5.41, 5.74) is 2.23. The standard InChI is InChI=1S/C26H29ClIN3O/c27-22-6-4-21(5-7-22)26(25-3-1-2-14-29-25)30-19-20-12-15-31(16-13-20)17-18-32-24-10-8-23(28)9-11-24/h1-11,14,20,26,30H,12-13,15-19H2. The molecule has 0 spiro atoms. The number of aromatic nitrogens is 1. The zero-order valence-electron chi connectivity index (χ0n) is 18.1. The number of hydrogen-bond acceptors (Lipinski definition) is 4. The summed E-state index contributed by atoms with van der Waals surface area (Å²) in [7, 11) is 0. The van der Waals surface area contributed by atoms with Crippen molar-refractivity contribution < 1.29 is 4.74 Å². The molecule has 2 heterocycles. The lowest BCUT2D eigenvalue weighted by Gasteiger charge is -2.33. The molecule has 1 saturated heterocycles. The van der Waals surface area contributed by atoms with Crippen LogP contribution in [0.25, 0.3) is 0 Å². The van der Waals surface area contributed by atoms with E-state index in [2.05, 4.69) is 68.1 Å². The molecule has 1 aromatic heterocycles. The highest BCUT2D eigenvalue weighted by atomic mass is 127. The Morgan fingerprint density at radius 1 is 1.03 bits per heavy atom. The van der Waals surface area contributed by atoms with Gasteiger partial charge in [-0.25, -0.2) is 0 Å². The van der Waals surface area contributed by atoms with Gasteiger partial charge in [0.15, 0.2) is 0 Å². The zero-order valence-corrected chi connectivity index (χ0v) is 21.0. The third-order valence-corrected chi connectivity index (χ3v) is 6.97. The minimum absolute atomic E-state index is 0.0776. The summed E-state index contributed by atoms with van der Waals surface area (Å²) < 4.78 is 7.13. The molecule has 2 aromatic carbocycles. The highest BCUT2D eigenvalue weighted by Gasteiger charge is 2.22. The van der Waals surface area contributed by atoms with Gasteiger partial charge < -0.3 is 10.1 Å². The first-order valence-corrected chi connectivity index (χ1v) is 12.6. The fourth-order valence-electron chi connectivity index (χ4n) is 4.12. The molecule has 1 unspecified atom stereocenters. The average Bonchev–Trinajstić information content (AvgIpc) is 2.83. The van der Waals surface area contributed by atoms with Crippen molar-refractivity contribution in [2.45, 2.75) is 18.9 Å². The Hall–Kier alpha value is -1.67. The van der Waals surface area contributed by atoms with Crippen LogP contribution in [0.15, 0.2) is 72.9 Å². The van der Waals surface area contributed by atoms with E-state index in [4.69, 9.17) is 16.3 Å². The molecule has 0 amide bonds. The van der Waals surface area contributed by atoms with Gasteiger partial charge in [0.25, 0.3) is 0 Å². The number of rotatable bonds is 9. The Labute approximate surface area is 209 Å². The van der Waals surface area contributed by atoms with Crippen LogP contribution in [0.5, 0.6) is 5.75 Å². The number of piperidine rings is 1. The second kappa shape index (κ2) is 12.0. The number of pyridine rings is 1. The van der Waals surface area contributed by atoms with Crippen LogP contribution in [0.3, 0.4) is 0 Å². The predicted octanol–water partition coefficient (Wildman–Crippen LogP) is 5.81. The summed E-state index contributed by atoms with van der Waals surface area (Å²) >= 11 is 8.41. The largest absolute Gasteiger partial charge is 0.492 e. The van der Waals surface area contributed by atoms with Crippen molar-refractivity contribution in [3.05, 3.63) is 92.8 Å². The van der Waals surface area contributed by atoms with E-state index < -0.39 is 0 Å². The van der Waals surface area contributed by atoms with E-state index >= 15 is 0 Å². The van der Waals surface area contributed by atoms with Gasteiger partial charge in [0.2, 0.25) is 0 Å². The van der Waals surface area contributed by atoms with Crippen LogP contribution in [-0.2, 0) is 0 Å². The van der Waals surface area contributed by atoms with E-state index in [-0.39, 0.29) is 6.04 Å². The Balaban J connectivity index is 1.24. The number of benzene rings is 2. The molecule has 1 N–H and O–H groups in total. The Morgan fingerprint density at radius 2 is 1.78 bits per heavy atom. The van der Waals surface area contributed by atoms with E-state index in [9.17, 15) is 0 Å². The minimum atomic E-state index is 0.0776. The first-order valence-electron chi connectivity index (χ1n) is 11.2. The molecular weight excluding hydrogens is 533 g/mol.